The molecule has 0 amide bonds. The Kier molecular flexibility index (Phi) is 3.82. The number of H-pyrrole nitrogens is 1. The number of nitrogens with two attached hydrogens (primary N) is 1. The maximum atomic E-state index is 6.04. The molecule has 0 radical (unpaired) electrons. The van der Waals surface area contributed by atoms with Crippen LogP contribution in [0.5, 0.6) is 0 Å². The molecular weight excluding hydrogens is 244 g/mol. The van der Waals surface area contributed by atoms with E-state index in [-0.39, 0.29) is 0 Å². The normalized spacial score (nSPS) is 10.6. The van der Waals surface area contributed by atoms with E-state index in [1.54, 1.807) is 11.8 Å². The van der Waals surface area contributed by atoms with Gasteiger partial charge in [0.1, 0.15) is 5.82 Å². The number of aromatic amines is 1. The van der Waals surface area contributed by atoms with Crippen molar-refractivity contribution in [3.63, 3.8) is 0 Å². The fourth-order valence-corrected chi connectivity index (χ4v) is 2.30. The zero-order valence-corrected chi connectivity index (χ0v) is 10.1. The van der Waals surface area contributed by atoms with E-state index in [9.17, 15) is 0 Å². The average Bonchev–Trinajstić information content (AvgIpc) is 2.76. The lowest BCUT2D eigenvalue weighted by molar-refractivity contribution is 0.916. The first kappa shape index (κ1) is 11.4. The SMILES string of the molecule is NCc1n[nH]c(CSc2ccccc2Cl)n1. The van der Waals surface area contributed by atoms with Gasteiger partial charge in [-0.2, -0.15) is 5.10 Å². The van der Waals surface area contributed by atoms with E-state index in [4.69, 9.17) is 17.3 Å². The van der Waals surface area contributed by atoms with Crippen LogP contribution >= 0.6 is 23.4 Å². The molecule has 0 spiro atoms. The van der Waals surface area contributed by atoms with Gasteiger partial charge in [-0.3, -0.25) is 5.10 Å². The Hall–Kier alpha value is -1.04. The van der Waals surface area contributed by atoms with Gasteiger partial charge in [-0.15, -0.1) is 11.8 Å². The standard InChI is InChI=1S/C10H11ClN4S/c11-7-3-1-2-4-8(7)16-6-10-13-9(5-12)14-15-10/h1-4H,5-6,12H2,(H,13,14,15). The van der Waals surface area contributed by atoms with Crippen molar-refractivity contribution in [2.75, 3.05) is 0 Å². The van der Waals surface area contributed by atoms with Crippen molar-refractivity contribution >= 4 is 23.4 Å². The lowest BCUT2D eigenvalue weighted by Crippen LogP contribution is -1.98. The number of thioether (sulfide) groups is 1. The van der Waals surface area contributed by atoms with E-state index in [0.29, 0.717) is 18.1 Å². The van der Waals surface area contributed by atoms with Crippen LogP contribution in [-0.4, -0.2) is 15.2 Å². The third kappa shape index (κ3) is 2.75. The minimum absolute atomic E-state index is 0.354. The summed E-state index contributed by atoms with van der Waals surface area (Å²) in [6.45, 7) is 0.354. The first-order valence-electron chi connectivity index (χ1n) is 4.77. The molecule has 3 N–H and O–H groups in total. The maximum Gasteiger partial charge on any atom is 0.164 e. The molecule has 0 bridgehead atoms. The van der Waals surface area contributed by atoms with Crippen LogP contribution in [0.2, 0.25) is 5.02 Å². The van der Waals surface area contributed by atoms with Gasteiger partial charge in [0.25, 0.3) is 0 Å². The third-order valence-corrected chi connectivity index (χ3v) is 3.49. The second kappa shape index (κ2) is 5.34. The summed E-state index contributed by atoms with van der Waals surface area (Å²) in [6, 6.07) is 7.72. The lowest BCUT2D eigenvalue weighted by Gasteiger charge is -2.00. The van der Waals surface area contributed by atoms with Crippen molar-refractivity contribution in [1.82, 2.24) is 15.2 Å². The van der Waals surface area contributed by atoms with E-state index in [0.717, 1.165) is 15.7 Å². The van der Waals surface area contributed by atoms with Crippen molar-refractivity contribution in [1.29, 1.82) is 0 Å². The Bertz CT molecular complexity index is 471. The molecule has 2 aromatic rings. The van der Waals surface area contributed by atoms with Crippen LogP contribution in [0, 0.1) is 0 Å². The quantitative estimate of drug-likeness (QED) is 0.821. The van der Waals surface area contributed by atoms with Crippen LogP contribution < -0.4 is 5.73 Å². The maximum absolute atomic E-state index is 6.04. The minimum Gasteiger partial charge on any atom is -0.324 e. The molecule has 1 aromatic carbocycles. The van der Waals surface area contributed by atoms with Crippen LogP contribution in [0.1, 0.15) is 11.6 Å². The first-order valence-corrected chi connectivity index (χ1v) is 6.13. The number of hydrogen-bond donors (Lipinski definition) is 2. The number of aromatic nitrogens is 3. The van der Waals surface area contributed by atoms with Crippen molar-refractivity contribution in [3.8, 4) is 0 Å². The number of hydrogen-bond acceptors (Lipinski definition) is 4. The summed E-state index contributed by atoms with van der Waals surface area (Å²) in [7, 11) is 0. The highest BCUT2D eigenvalue weighted by molar-refractivity contribution is 7.98. The van der Waals surface area contributed by atoms with E-state index < -0.39 is 0 Å². The molecule has 6 heteroatoms. The summed E-state index contributed by atoms with van der Waals surface area (Å²) in [5.41, 5.74) is 5.42. The summed E-state index contributed by atoms with van der Waals surface area (Å²) in [4.78, 5) is 5.25. The molecule has 2 rings (SSSR count). The fraction of sp³-hybridized carbons (Fsp3) is 0.200. The van der Waals surface area contributed by atoms with Crippen LogP contribution in [0.15, 0.2) is 29.2 Å². The summed E-state index contributed by atoms with van der Waals surface area (Å²) < 4.78 is 0. The van der Waals surface area contributed by atoms with Gasteiger partial charge in [-0.1, -0.05) is 23.7 Å². The highest BCUT2D eigenvalue weighted by atomic mass is 35.5. The van der Waals surface area contributed by atoms with Gasteiger partial charge in [0.15, 0.2) is 5.82 Å². The molecule has 0 aliphatic carbocycles. The number of nitrogens with zero attached hydrogens (tertiary/aromatic N) is 2. The van der Waals surface area contributed by atoms with Crippen molar-refractivity contribution in [2.24, 2.45) is 5.73 Å². The van der Waals surface area contributed by atoms with Crippen molar-refractivity contribution in [3.05, 3.63) is 40.9 Å². The molecule has 16 heavy (non-hydrogen) atoms. The monoisotopic (exact) mass is 254 g/mol. The van der Waals surface area contributed by atoms with E-state index >= 15 is 0 Å². The molecule has 0 unspecified atom stereocenters. The topological polar surface area (TPSA) is 67.6 Å². The lowest BCUT2D eigenvalue weighted by atomic mass is 10.4. The Morgan fingerprint density at radius 2 is 2.19 bits per heavy atom. The molecule has 0 saturated carbocycles. The second-order valence-corrected chi connectivity index (χ2v) is 4.55. The van der Waals surface area contributed by atoms with Crippen LogP contribution in [0.25, 0.3) is 0 Å². The predicted octanol–water partition coefficient (Wildman–Crippen LogP) is 2.21. The molecule has 1 heterocycles. The average molecular weight is 255 g/mol. The third-order valence-electron chi connectivity index (χ3n) is 1.96. The van der Waals surface area contributed by atoms with Crippen LogP contribution in [0.4, 0.5) is 0 Å². The number of halogens is 1. The smallest absolute Gasteiger partial charge is 0.164 e. The van der Waals surface area contributed by atoms with E-state index in [2.05, 4.69) is 15.2 Å². The fourth-order valence-electron chi connectivity index (χ4n) is 1.20. The Balaban J connectivity index is 1.99. The Morgan fingerprint density at radius 3 is 2.88 bits per heavy atom. The Labute approximate surface area is 103 Å². The van der Waals surface area contributed by atoms with Gasteiger partial charge < -0.3 is 5.73 Å². The summed E-state index contributed by atoms with van der Waals surface area (Å²) >= 11 is 7.65. The predicted molar refractivity (Wildman–Crippen MR) is 65.3 cm³/mol. The van der Waals surface area contributed by atoms with Crippen molar-refractivity contribution in [2.45, 2.75) is 17.2 Å². The molecule has 0 aliphatic heterocycles. The van der Waals surface area contributed by atoms with Gasteiger partial charge in [0.05, 0.1) is 17.3 Å². The van der Waals surface area contributed by atoms with Crippen LogP contribution in [-0.2, 0) is 12.3 Å². The minimum atomic E-state index is 0.354. The highest BCUT2D eigenvalue weighted by Crippen LogP contribution is 2.28. The zero-order valence-electron chi connectivity index (χ0n) is 8.48. The molecule has 84 valence electrons. The summed E-state index contributed by atoms with van der Waals surface area (Å²) in [6.07, 6.45) is 0. The largest absolute Gasteiger partial charge is 0.324 e. The molecule has 0 atom stereocenters. The number of rotatable bonds is 4. The van der Waals surface area contributed by atoms with Gasteiger partial charge in [-0.05, 0) is 12.1 Å². The molecular formula is C10H11ClN4S. The molecule has 4 nitrogen and oxygen atoms in total. The number of benzene rings is 1. The van der Waals surface area contributed by atoms with E-state index in [1.165, 1.54) is 0 Å². The van der Waals surface area contributed by atoms with Gasteiger partial charge in [-0.25, -0.2) is 4.98 Å². The number of nitrogens with one attached hydrogen (secondary N) is 1. The Morgan fingerprint density at radius 1 is 1.38 bits per heavy atom. The van der Waals surface area contributed by atoms with Gasteiger partial charge in [0, 0.05) is 4.90 Å². The second-order valence-electron chi connectivity index (χ2n) is 3.12. The summed E-state index contributed by atoms with van der Waals surface area (Å²) in [5, 5.41) is 7.56. The molecule has 0 saturated heterocycles. The molecule has 1 aromatic heterocycles. The van der Waals surface area contributed by atoms with E-state index in [1.807, 2.05) is 24.3 Å². The van der Waals surface area contributed by atoms with Crippen molar-refractivity contribution < 1.29 is 0 Å². The first-order chi connectivity index (χ1) is 7.79. The van der Waals surface area contributed by atoms with Crippen LogP contribution in [0.3, 0.4) is 0 Å². The zero-order chi connectivity index (χ0) is 11.4. The summed E-state index contributed by atoms with van der Waals surface area (Å²) in [5.74, 6) is 2.15. The molecule has 0 fully saturated rings. The molecule has 0 aliphatic rings. The van der Waals surface area contributed by atoms with Gasteiger partial charge >= 0.3 is 0 Å². The van der Waals surface area contributed by atoms with Gasteiger partial charge in [0.2, 0.25) is 0 Å². The highest BCUT2D eigenvalue weighted by Gasteiger charge is 2.04.